The molecule has 5 nitrogen and oxygen atoms in total. The summed E-state index contributed by atoms with van der Waals surface area (Å²) in [4.78, 5) is 17.6. The van der Waals surface area contributed by atoms with Crippen LogP contribution in [0.4, 0.5) is 5.13 Å². The van der Waals surface area contributed by atoms with Crippen molar-refractivity contribution in [2.45, 2.75) is 19.4 Å². The molecule has 0 bridgehead atoms. The van der Waals surface area contributed by atoms with Crippen LogP contribution in [-0.4, -0.2) is 41.9 Å². The van der Waals surface area contributed by atoms with Crippen LogP contribution in [0.5, 0.6) is 0 Å². The van der Waals surface area contributed by atoms with E-state index in [0.717, 1.165) is 18.1 Å². The molecule has 0 saturated carbocycles. The van der Waals surface area contributed by atoms with Gasteiger partial charge in [0.1, 0.15) is 0 Å². The number of carbonyl (C=O) groups excluding carboxylic acids is 1. The minimum absolute atomic E-state index is 0.282. The summed E-state index contributed by atoms with van der Waals surface area (Å²) in [5.74, 6) is -0.384. The molecule has 0 radical (unpaired) electrons. The van der Waals surface area contributed by atoms with Crippen molar-refractivity contribution in [1.29, 1.82) is 0 Å². The second-order valence-corrected chi connectivity index (χ2v) is 4.46. The van der Waals surface area contributed by atoms with E-state index < -0.39 is 0 Å². The Kier molecular flexibility index (Phi) is 3.40. The van der Waals surface area contributed by atoms with Crippen LogP contribution in [0.3, 0.4) is 0 Å². The summed E-state index contributed by atoms with van der Waals surface area (Å²) < 4.78 is 4.86. The van der Waals surface area contributed by atoms with Crippen LogP contribution in [0.15, 0.2) is 5.38 Å². The fraction of sp³-hybridized carbons (Fsp3) is 0.600. The quantitative estimate of drug-likeness (QED) is 0.798. The van der Waals surface area contributed by atoms with Crippen LogP contribution in [0.25, 0.3) is 0 Å². The highest BCUT2D eigenvalue weighted by molar-refractivity contribution is 7.13. The van der Waals surface area contributed by atoms with Gasteiger partial charge >= 0.3 is 5.97 Å². The maximum Gasteiger partial charge on any atom is 0.357 e. The molecule has 1 N–H and O–H groups in total. The van der Waals surface area contributed by atoms with Crippen molar-refractivity contribution in [1.82, 2.24) is 4.98 Å². The molecule has 0 unspecified atom stereocenters. The van der Waals surface area contributed by atoms with E-state index in [1.54, 1.807) is 12.3 Å². The smallest absolute Gasteiger partial charge is 0.357 e. The Bertz CT molecular complexity index is 380. The Balaban J connectivity index is 2.04. The molecule has 1 atom stereocenters. The van der Waals surface area contributed by atoms with Crippen molar-refractivity contribution in [3.63, 3.8) is 0 Å². The molecule has 2 rings (SSSR count). The Morgan fingerprint density at radius 1 is 1.81 bits per heavy atom. The molecule has 2 heterocycles. The molecule has 1 aromatic rings. The van der Waals surface area contributed by atoms with E-state index in [0.29, 0.717) is 18.8 Å². The van der Waals surface area contributed by atoms with Gasteiger partial charge in [0.15, 0.2) is 10.8 Å². The minimum Gasteiger partial charge on any atom is -0.461 e. The van der Waals surface area contributed by atoms with Crippen molar-refractivity contribution < 1.29 is 14.6 Å². The number of thiazole rings is 1. The van der Waals surface area contributed by atoms with E-state index in [1.165, 1.54) is 11.3 Å². The zero-order valence-corrected chi connectivity index (χ0v) is 9.87. The van der Waals surface area contributed by atoms with Crippen molar-refractivity contribution in [2.75, 3.05) is 24.6 Å². The Hall–Kier alpha value is -1.14. The van der Waals surface area contributed by atoms with Crippen LogP contribution >= 0.6 is 11.3 Å². The maximum atomic E-state index is 11.4. The van der Waals surface area contributed by atoms with E-state index in [2.05, 4.69) is 4.98 Å². The Morgan fingerprint density at radius 3 is 3.25 bits per heavy atom. The first-order valence-corrected chi connectivity index (χ1v) is 6.14. The molecule has 88 valence electrons. The number of anilines is 1. The van der Waals surface area contributed by atoms with Crippen molar-refractivity contribution >= 4 is 22.4 Å². The summed E-state index contributed by atoms with van der Waals surface area (Å²) in [6, 6.07) is 0. The molecule has 0 aromatic carbocycles. The standard InChI is InChI=1S/C10H14N2O3S/c1-2-15-9(14)8-6-16-10(11-8)12-4-3-7(13)5-12/h6-7,13H,2-5H2,1H3/t7-/m0/s1. The minimum atomic E-state index is -0.384. The second-order valence-electron chi connectivity index (χ2n) is 3.62. The molecular formula is C10H14N2O3S. The van der Waals surface area contributed by atoms with Gasteiger partial charge in [-0.15, -0.1) is 11.3 Å². The van der Waals surface area contributed by atoms with Crippen LogP contribution in [-0.2, 0) is 4.74 Å². The molecule has 1 aliphatic rings. The fourth-order valence-electron chi connectivity index (χ4n) is 1.62. The van der Waals surface area contributed by atoms with E-state index in [1.807, 2.05) is 4.90 Å². The summed E-state index contributed by atoms with van der Waals surface area (Å²) in [6.45, 7) is 3.50. The molecule has 16 heavy (non-hydrogen) atoms. The number of rotatable bonds is 3. The number of nitrogens with zero attached hydrogens (tertiary/aromatic N) is 2. The van der Waals surface area contributed by atoms with Crippen LogP contribution in [0.1, 0.15) is 23.8 Å². The highest BCUT2D eigenvalue weighted by atomic mass is 32.1. The van der Waals surface area contributed by atoms with Crippen LogP contribution < -0.4 is 4.90 Å². The lowest BCUT2D eigenvalue weighted by molar-refractivity contribution is 0.0520. The number of aromatic nitrogens is 1. The number of carbonyl (C=O) groups is 1. The van der Waals surface area contributed by atoms with Gasteiger partial charge in [-0.1, -0.05) is 0 Å². The molecular weight excluding hydrogens is 228 g/mol. The van der Waals surface area contributed by atoms with Gasteiger partial charge in [0, 0.05) is 18.5 Å². The zero-order valence-electron chi connectivity index (χ0n) is 9.05. The lowest BCUT2D eigenvalue weighted by atomic mass is 10.3. The monoisotopic (exact) mass is 242 g/mol. The molecule has 1 aliphatic heterocycles. The number of β-amino-alcohol motifs (C(OH)–C–C–N with tert-alkyl or cyclic N) is 1. The van der Waals surface area contributed by atoms with Gasteiger partial charge in [-0.25, -0.2) is 9.78 Å². The van der Waals surface area contributed by atoms with Gasteiger partial charge in [-0.2, -0.15) is 0 Å². The predicted octanol–water partition coefficient (Wildman–Crippen LogP) is 0.891. The lowest BCUT2D eigenvalue weighted by Gasteiger charge is -2.12. The third-order valence-electron chi connectivity index (χ3n) is 2.41. The molecule has 1 fully saturated rings. The predicted molar refractivity (Wildman–Crippen MR) is 60.9 cm³/mol. The summed E-state index contributed by atoms with van der Waals surface area (Å²) in [7, 11) is 0. The fourth-order valence-corrected chi connectivity index (χ4v) is 2.46. The third kappa shape index (κ3) is 2.33. The first-order chi connectivity index (χ1) is 7.70. The Morgan fingerprint density at radius 2 is 2.62 bits per heavy atom. The van der Waals surface area contributed by atoms with E-state index >= 15 is 0 Å². The average Bonchev–Trinajstić information content (AvgIpc) is 2.85. The van der Waals surface area contributed by atoms with E-state index in [9.17, 15) is 9.90 Å². The first-order valence-electron chi connectivity index (χ1n) is 5.26. The normalized spacial score (nSPS) is 20.1. The number of aliphatic hydroxyl groups is 1. The summed E-state index contributed by atoms with van der Waals surface area (Å²) in [5.41, 5.74) is 0.350. The Labute approximate surface area is 97.7 Å². The molecule has 6 heteroatoms. The van der Waals surface area contributed by atoms with Crippen molar-refractivity contribution in [3.8, 4) is 0 Å². The highest BCUT2D eigenvalue weighted by Gasteiger charge is 2.23. The van der Waals surface area contributed by atoms with Gasteiger partial charge in [0.25, 0.3) is 0 Å². The van der Waals surface area contributed by atoms with Gasteiger partial charge in [0.05, 0.1) is 12.7 Å². The lowest BCUT2D eigenvalue weighted by Crippen LogP contribution is -2.21. The largest absolute Gasteiger partial charge is 0.461 e. The average molecular weight is 242 g/mol. The van der Waals surface area contributed by atoms with Gasteiger partial charge in [0.2, 0.25) is 0 Å². The molecule has 0 aliphatic carbocycles. The SMILES string of the molecule is CCOC(=O)c1csc(N2CC[C@H](O)C2)n1. The topological polar surface area (TPSA) is 62.7 Å². The van der Waals surface area contributed by atoms with E-state index in [-0.39, 0.29) is 12.1 Å². The molecule has 0 amide bonds. The second kappa shape index (κ2) is 4.80. The first kappa shape index (κ1) is 11.3. The number of hydrogen-bond acceptors (Lipinski definition) is 6. The molecule has 0 spiro atoms. The third-order valence-corrected chi connectivity index (χ3v) is 3.31. The maximum absolute atomic E-state index is 11.4. The summed E-state index contributed by atoms with van der Waals surface area (Å²) in [6.07, 6.45) is 0.476. The molecule has 1 saturated heterocycles. The van der Waals surface area contributed by atoms with Crippen molar-refractivity contribution in [3.05, 3.63) is 11.1 Å². The summed E-state index contributed by atoms with van der Waals surface area (Å²) >= 11 is 1.41. The highest BCUT2D eigenvalue weighted by Crippen LogP contribution is 2.24. The molecule has 1 aromatic heterocycles. The summed E-state index contributed by atoms with van der Waals surface area (Å²) in [5, 5.41) is 11.9. The van der Waals surface area contributed by atoms with Crippen LogP contribution in [0, 0.1) is 0 Å². The van der Waals surface area contributed by atoms with Gasteiger partial charge < -0.3 is 14.7 Å². The van der Waals surface area contributed by atoms with Crippen molar-refractivity contribution in [2.24, 2.45) is 0 Å². The van der Waals surface area contributed by atoms with Gasteiger partial charge in [-0.05, 0) is 13.3 Å². The number of esters is 1. The number of hydrogen-bond donors (Lipinski definition) is 1. The zero-order chi connectivity index (χ0) is 11.5. The van der Waals surface area contributed by atoms with E-state index in [4.69, 9.17) is 4.74 Å². The number of ether oxygens (including phenoxy) is 1. The van der Waals surface area contributed by atoms with Gasteiger partial charge in [-0.3, -0.25) is 0 Å². The number of aliphatic hydroxyl groups excluding tert-OH is 1. The van der Waals surface area contributed by atoms with Crippen LogP contribution in [0.2, 0.25) is 0 Å².